The van der Waals surface area contributed by atoms with Crippen molar-refractivity contribution in [2.45, 2.75) is 31.7 Å². The highest BCUT2D eigenvalue weighted by Crippen LogP contribution is 2.29. The standard InChI is InChI=1S/C11H19N3O2S/c1-7(2)14(4)10-5-9(12)6-11(8(10)3)17(13,15)16/h5-7H,12H2,1-4H3,(H2,13,15,16). The van der Waals surface area contributed by atoms with E-state index in [1.54, 1.807) is 13.0 Å². The van der Waals surface area contributed by atoms with Gasteiger partial charge in [0.2, 0.25) is 10.0 Å². The Morgan fingerprint density at radius 3 is 2.24 bits per heavy atom. The predicted molar refractivity (Wildman–Crippen MR) is 70.5 cm³/mol. The third-order valence-corrected chi connectivity index (χ3v) is 3.85. The van der Waals surface area contributed by atoms with Gasteiger partial charge < -0.3 is 10.6 Å². The second-order valence-electron chi connectivity index (χ2n) is 4.41. The van der Waals surface area contributed by atoms with Crippen LogP contribution < -0.4 is 15.8 Å². The van der Waals surface area contributed by atoms with Crippen LogP contribution in [0, 0.1) is 6.92 Å². The van der Waals surface area contributed by atoms with Crippen LogP contribution in [0.3, 0.4) is 0 Å². The Labute approximate surface area is 102 Å². The number of sulfonamides is 1. The van der Waals surface area contributed by atoms with Crippen molar-refractivity contribution in [1.82, 2.24) is 0 Å². The zero-order valence-electron chi connectivity index (χ0n) is 10.6. The van der Waals surface area contributed by atoms with Gasteiger partial charge in [0.25, 0.3) is 0 Å². The second-order valence-corrected chi connectivity index (χ2v) is 5.94. The molecule has 0 heterocycles. The molecule has 0 bridgehead atoms. The lowest BCUT2D eigenvalue weighted by Gasteiger charge is -2.26. The molecule has 0 atom stereocenters. The summed E-state index contributed by atoms with van der Waals surface area (Å²) in [6.07, 6.45) is 0. The number of rotatable bonds is 3. The molecule has 0 fully saturated rings. The van der Waals surface area contributed by atoms with E-state index >= 15 is 0 Å². The lowest BCUT2D eigenvalue weighted by molar-refractivity contribution is 0.597. The maximum absolute atomic E-state index is 11.5. The minimum Gasteiger partial charge on any atom is -0.399 e. The summed E-state index contributed by atoms with van der Waals surface area (Å²) < 4.78 is 22.9. The van der Waals surface area contributed by atoms with Gasteiger partial charge in [-0.25, -0.2) is 13.6 Å². The quantitative estimate of drug-likeness (QED) is 0.793. The number of hydrogen-bond acceptors (Lipinski definition) is 4. The van der Waals surface area contributed by atoms with E-state index in [0.29, 0.717) is 11.3 Å². The summed E-state index contributed by atoms with van der Waals surface area (Å²) in [5, 5.41) is 5.17. The minimum absolute atomic E-state index is 0.0833. The molecule has 5 nitrogen and oxygen atoms in total. The molecule has 1 rings (SSSR count). The van der Waals surface area contributed by atoms with Crippen molar-refractivity contribution in [1.29, 1.82) is 0 Å². The zero-order valence-corrected chi connectivity index (χ0v) is 11.4. The summed E-state index contributed by atoms with van der Waals surface area (Å²) >= 11 is 0. The molecule has 1 aromatic carbocycles. The van der Waals surface area contributed by atoms with Crippen molar-refractivity contribution in [3.05, 3.63) is 17.7 Å². The molecule has 0 saturated heterocycles. The SMILES string of the molecule is Cc1c(N(C)C(C)C)cc(N)cc1S(N)(=O)=O. The van der Waals surface area contributed by atoms with E-state index in [-0.39, 0.29) is 10.9 Å². The monoisotopic (exact) mass is 257 g/mol. The number of nitrogens with zero attached hydrogens (tertiary/aromatic N) is 1. The van der Waals surface area contributed by atoms with Crippen LogP contribution in [-0.2, 0) is 10.0 Å². The van der Waals surface area contributed by atoms with Crippen molar-refractivity contribution in [3.8, 4) is 0 Å². The predicted octanol–water partition coefficient (Wildman–Crippen LogP) is 1.07. The summed E-state index contributed by atoms with van der Waals surface area (Å²) in [6, 6.07) is 3.38. The molecule has 96 valence electrons. The summed E-state index contributed by atoms with van der Waals surface area (Å²) in [5.74, 6) is 0. The Balaban J connectivity index is 3.50. The number of benzene rings is 1. The first-order valence-electron chi connectivity index (χ1n) is 5.30. The van der Waals surface area contributed by atoms with Crippen LogP contribution >= 0.6 is 0 Å². The van der Waals surface area contributed by atoms with Crippen LogP contribution in [0.15, 0.2) is 17.0 Å². The van der Waals surface area contributed by atoms with E-state index < -0.39 is 10.0 Å². The molecule has 0 saturated carbocycles. The van der Waals surface area contributed by atoms with Crippen LogP contribution in [0.1, 0.15) is 19.4 Å². The fourth-order valence-corrected chi connectivity index (χ4v) is 2.47. The van der Waals surface area contributed by atoms with Gasteiger partial charge in [-0.3, -0.25) is 0 Å². The Bertz CT molecular complexity index is 524. The third-order valence-electron chi connectivity index (χ3n) is 2.82. The Morgan fingerprint density at radius 1 is 1.29 bits per heavy atom. The summed E-state index contributed by atoms with van der Waals surface area (Å²) in [5.41, 5.74) is 7.51. The largest absolute Gasteiger partial charge is 0.399 e. The molecule has 0 amide bonds. The number of primary sulfonamides is 1. The van der Waals surface area contributed by atoms with Gasteiger partial charge >= 0.3 is 0 Å². The molecule has 0 aromatic heterocycles. The summed E-state index contributed by atoms with van der Waals surface area (Å²) in [6.45, 7) is 5.76. The maximum atomic E-state index is 11.5. The fraction of sp³-hybridized carbons (Fsp3) is 0.455. The Morgan fingerprint density at radius 2 is 1.82 bits per heavy atom. The normalized spacial score (nSPS) is 11.9. The molecule has 0 radical (unpaired) electrons. The highest BCUT2D eigenvalue weighted by atomic mass is 32.2. The topological polar surface area (TPSA) is 89.4 Å². The van der Waals surface area contributed by atoms with Crippen molar-refractivity contribution in [2.24, 2.45) is 5.14 Å². The lowest BCUT2D eigenvalue weighted by Crippen LogP contribution is -2.27. The molecule has 0 spiro atoms. The average molecular weight is 257 g/mol. The van der Waals surface area contributed by atoms with Gasteiger partial charge in [0.1, 0.15) is 0 Å². The van der Waals surface area contributed by atoms with E-state index in [0.717, 1.165) is 5.69 Å². The van der Waals surface area contributed by atoms with Gasteiger partial charge in [0, 0.05) is 24.5 Å². The number of nitrogens with two attached hydrogens (primary N) is 2. The van der Waals surface area contributed by atoms with E-state index in [1.807, 2.05) is 25.8 Å². The van der Waals surface area contributed by atoms with Crippen LogP contribution in [0.5, 0.6) is 0 Å². The fourth-order valence-electron chi connectivity index (χ4n) is 1.63. The minimum atomic E-state index is -3.74. The average Bonchev–Trinajstić information content (AvgIpc) is 2.18. The van der Waals surface area contributed by atoms with E-state index in [1.165, 1.54) is 6.07 Å². The molecule has 0 aliphatic carbocycles. The molecular formula is C11H19N3O2S. The van der Waals surface area contributed by atoms with Crippen LogP contribution in [0.25, 0.3) is 0 Å². The molecular weight excluding hydrogens is 238 g/mol. The van der Waals surface area contributed by atoms with E-state index in [9.17, 15) is 8.42 Å². The van der Waals surface area contributed by atoms with Gasteiger partial charge in [-0.1, -0.05) is 0 Å². The van der Waals surface area contributed by atoms with Crippen LogP contribution in [0.2, 0.25) is 0 Å². The first-order valence-corrected chi connectivity index (χ1v) is 6.85. The molecule has 4 N–H and O–H groups in total. The molecule has 0 aliphatic heterocycles. The molecule has 0 unspecified atom stereocenters. The lowest BCUT2D eigenvalue weighted by atomic mass is 10.1. The van der Waals surface area contributed by atoms with E-state index in [4.69, 9.17) is 10.9 Å². The molecule has 6 heteroatoms. The Hall–Kier alpha value is -1.27. The number of hydrogen-bond donors (Lipinski definition) is 2. The summed E-state index contributed by atoms with van der Waals surface area (Å²) in [4.78, 5) is 2.04. The van der Waals surface area contributed by atoms with Gasteiger partial charge in [0.05, 0.1) is 4.90 Å². The van der Waals surface area contributed by atoms with Crippen LogP contribution in [-0.4, -0.2) is 21.5 Å². The van der Waals surface area contributed by atoms with E-state index in [2.05, 4.69) is 0 Å². The first kappa shape index (κ1) is 13.8. The first-order chi connectivity index (χ1) is 7.64. The second kappa shape index (κ2) is 4.54. The number of anilines is 2. The van der Waals surface area contributed by atoms with Gasteiger partial charge in [0.15, 0.2) is 0 Å². The van der Waals surface area contributed by atoms with Crippen molar-refractivity contribution in [2.75, 3.05) is 17.7 Å². The van der Waals surface area contributed by atoms with Gasteiger partial charge in [-0.15, -0.1) is 0 Å². The van der Waals surface area contributed by atoms with Gasteiger partial charge in [-0.05, 0) is 38.5 Å². The summed E-state index contributed by atoms with van der Waals surface area (Å²) in [7, 11) is -1.86. The number of nitrogen functional groups attached to an aromatic ring is 1. The van der Waals surface area contributed by atoms with Crippen molar-refractivity contribution in [3.63, 3.8) is 0 Å². The molecule has 17 heavy (non-hydrogen) atoms. The highest BCUT2D eigenvalue weighted by molar-refractivity contribution is 7.89. The smallest absolute Gasteiger partial charge is 0.238 e. The maximum Gasteiger partial charge on any atom is 0.238 e. The molecule has 1 aromatic rings. The highest BCUT2D eigenvalue weighted by Gasteiger charge is 2.18. The van der Waals surface area contributed by atoms with Gasteiger partial charge in [-0.2, -0.15) is 0 Å². The van der Waals surface area contributed by atoms with Crippen molar-refractivity contribution >= 4 is 21.4 Å². The van der Waals surface area contributed by atoms with Crippen LogP contribution in [0.4, 0.5) is 11.4 Å². The third kappa shape index (κ3) is 2.89. The Kier molecular flexibility index (Phi) is 3.68. The molecule has 0 aliphatic rings. The van der Waals surface area contributed by atoms with Crippen molar-refractivity contribution < 1.29 is 8.42 Å². The zero-order chi connectivity index (χ0) is 13.4.